The fourth-order valence-corrected chi connectivity index (χ4v) is 5.43. The minimum atomic E-state index is -0.414. The summed E-state index contributed by atoms with van der Waals surface area (Å²) in [5.41, 5.74) is 1.11. The van der Waals surface area contributed by atoms with E-state index in [9.17, 15) is 14.4 Å². The molecule has 5 heteroatoms. The van der Waals surface area contributed by atoms with Gasteiger partial charge in [0.1, 0.15) is 0 Å². The van der Waals surface area contributed by atoms with E-state index in [1.807, 2.05) is 0 Å². The van der Waals surface area contributed by atoms with Gasteiger partial charge in [0.25, 0.3) is 11.8 Å². The molecule has 1 aliphatic heterocycles. The van der Waals surface area contributed by atoms with Crippen molar-refractivity contribution in [2.75, 3.05) is 6.61 Å². The Morgan fingerprint density at radius 3 is 1.91 bits per heavy atom. The first-order valence-corrected chi connectivity index (χ1v) is 14.3. The summed E-state index contributed by atoms with van der Waals surface area (Å²) in [5, 5.41) is 0. The van der Waals surface area contributed by atoms with Crippen LogP contribution in [0.4, 0.5) is 0 Å². The van der Waals surface area contributed by atoms with Crippen LogP contribution in [0.15, 0.2) is 18.2 Å². The molecule has 0 spiro atoms. The summed E-state index contributed by atoms with van der Waals surface area (Å²) in [6.07, 6.45) is 21.6. The quantitative estimate of drug-likeness (QED) is 0.136. The maximum atomic E-state index is 12.9. The molecule has 1 fully saturated rings. The summed E-state index contributed by atoms with van der Waals surface area (Å²) < 4.78 is 5.44. The number of hydrogen-bond acceptors (Lipinski definition) is 4. The van der Waals surface area contributed by atoms with Gasteiger partial charge >= 0.3 is 5.97 Å². The monoisotopic (exact) mass is 483 g/mol. The van der Waals surface area contributed by atoms with E-state index in [4.69, 9.17) is 4.74 Å². The van der Waals surface area contributed by atoms with Crippen molar-refractivity contribution in [3.63, 3.8) is 0 Å². The first kappa shape index (κ1) is 27.4. The van der Waals surface area contributed by atoms with Crippen LogP contribution in [0.25, 0.3) is 0 Å². The van der Waals surface area contributed by atoms with Crippen LogP contribution >= 0.6 is 0 Å². The number of imide groups is 1. The molecule has 1 aliphatic carbocycles. The maximum Gasteiger partial charge on any atom is 0.338 e. The highest BCUT2D eigenvalue weighted by molar-refractivity contribution is 6.22. The van der Waals surface area contributed by atoms with Crippen molar-refractivity contribution in [1.82, 2.24) is 4.90 Å². The van der Waals surface area contributed by atoms with E-state index in [1.165, 1.54) is 75.5 Å². The minimum absolute atomic E-state index is 0.0119. The first-order valence-electron chi connectivity index (χ1n) is 14.3. The van der Waals surface area contributed by atoms with Crippen molar-refractivity contribution in [1.29, 1.82) is 0 Å². The molecule has 35 heavy (non-hydrogen) atoms. The van der Waals surface area contributed by atoms with Crippen molar-refractivity contribution in [2.24, 2.45) is 0 Å². The van der Waals surface area contributed by atoms with E-state index in [-0.39, 0.29) is 17.9 Å². The highest BCUT2D eigenvalue weighted by Gasteiger charge is 2.40. The maximum absolute atomic E-state index is 12.9. The summed E-state index contributed by atoms with van der Waals surface area (Å²) in [5.74, 6) is -0.894. The molecule has 2 amide bonds. The van der Waals surface area contributed by atoms with E-state index in [1.54, 1.807) is 18.2 Å². The van der Waals surface area contributed by atoms with Crippen molar-refractivity contribution < 1.29 is 19.1 Å². The van der Waals surface area contributed by atoms with Crippen LogP contribution in [-0.2, 0) is 4.74 Å². The summed E-state index contributed by atoms with van der Waals surface area (Å²) in [4.78, 5) is 39.7. The zero-order valence-electron chi connectivity index (χ0n) is 21.8. The third-order valence-electron chi connectivity index (χ3n) is 7.57. The predicted octanol–water partition coefficient (Wildman–Crippen LogP) is 7.86. The number of esters is 1. The van der Waals surface area contributed by atoms with Crippen molar-refractivity contribution in [2.45, 2.75) is 129 Å². The third-order valence-corrected chi connectivity index (χ3v) is 7.57. The SMILES string of the molecule is CCCCCCCCCCCCCCCOC(=O)c1ccc2c(c1)C(=O)N(C1CCCCC1)C2=O. The van der Waals surface area contributed by atoms with Gasteiger partial charge in [0, 0.05) is 6.04 Å². The molecule has 5 nitrogen and oxygen atoms in total. The lowest BCUT2D eigenvalue weighted by Crippen LogP contribution is -2.40. The van der Waals surface area contributed by atoms with Crippen LogP contribution in [0.5, 0.6) is 0 Å². The molecule has 0 aromatic heterocycles. The molecule has 0 radical (unpaired) electrons. The van der Waals surface area contributed by atoms with E-state index >= 15 is 0 Å². The zero-order valence-corrected chi connectivity index (χ0v) is 21.8. The average Bonchev–Trinajstić information content (AvgIpc) is 3.13. The molecule has 0 bridgehead atoms. The molecule has 1 aromatic rings. The number of amides is 2. The van der Waals surface area contributed by atoms with Gasteiger partial charge in [-0.15, -0.1) is 0 Å². The van der Waals surface area contributed by atoms with Crippen LogP contribution in [0.1, 0.15) is 154 Å². The van der Waals surface area contributed by atoms with E-state index in [0.717, 1.165) is 44.9 Å². The second-order valence-corrected chi connectivity index (χ2v) is 10.4. The molecule has 0 unspecified atom stereocenters. The van der Waals surface area contributed by atoms with Gasteiger partial charge in [-0.2, -0.15) is 0 Å². The van der Waals surface area contributed by atoms with Gasteiger partial charge in [0.15, 0.2) is 0 Å². The van der Waals surface area contributed by atoms with Gasteiger partial charge in [0.2, 0.25) is 0 Å². The molecule has 0 atom stereocenters. The van der Waals surface area contributed by atoms with Crippen molar-refractivity contribution in [3.8, 4) is 0 Å². The Kier molecular flexibility index (Phi) is 11.8. The lowest BCUT2D eigenvalue weighted by molar-refractivity contribution is 0.0496. The van der Waals surface area contributed by atoms with Gasteiger partial charge in [-0.3, -0.25) is 14.5 Å². The largest absolute Gasteiger partial charge is 0.462 e. The Balaban J connectivity index is 1.29. The summed E-state index contributed by atoms with van der Waals surface area (Å²) in [7, 11) is 0. The fraction of sp³-hybridized carbons (Fsp3) is 0.700. The molecular weight excluding hydrogens is 438 g/mol. The number of carbonyl (C=O) groups is 3. The Labute approximate surface area is 212 Å². The number of unbranched alkanes of at least 4 members (excludes halogenated alkanes) is 12. The highest BCUT2D eigenvalue weighted by Crippen LogP contribution is 2.31. The first-order chi connectivity index (χ1) is 17.1. The van der Waals surface area contributed by atoms with E-state index in [0.29, 0.717) is 23.3 Å². The molecule has 1 heterocycles. The van der Waals surface area contributed by atoms with Gasteiger partial charge in [0.05, 0.1) is 23.3 Å². The number of fused-ring (bicyclic) bond motifs is 1. The van der Waals surface area contributed by atoms with Crippen molar-refractivity contribution >= 4 is 17.8 Å². The molecule has 0 saturated heterocycles. The number of carbonyl (C=O) groups excluding carboxylic acids is 3. The van der Waals surface area contributed by atoms with E-state index < -0.39 is 5.97 Å². The molecule has 1 saturated carbocycles. The van der Waals surface area contributed by atoms with Gasteiger partial charge in [-0.05, 0) is 37.5 Å². The average molecular weight is 484 g/mol. The fourth-order valence-electron chi connectivity index (χ4n) is 5.43. The van der Waals surface area contributed by atoms with Gasteiger partial charge in [-0.25, -0.2) is 4.79 Å². The number of hydrogen-bond donors (Lipinski definition) is 0. The number of nitrogens with zero attached hydrogens (tertiary/aromatic N) is 1. The lowest BCUT2D eigenvalue weighted by Gasteiger charge is -2.29. The van der Waals surface area contributed by atoms with E-state index in [2.05, 4.69) is 6.92 Å². The molecule has 194 valence electrons. The van der Waals surface area contributed by atoms with Gasteiger partial charge < -0.3 is 4.74 Å². The highest BCUT2D eigenvalue weighted by atomic mass is 16.5. The Hall–Kier alpha value is -2.17. The third kappa shape index (κ3) is 8.18. The molecule has 1 aromatic carbocycles. The van der Waals surface area contributed by atoms with Crippen LogP contribution in [0.3, 0.4) is 0 Å². The smallest absolute Gasteiger partial charge is 0.338 e. The van der Waals surface area contributed by atoms with Crippen LogP contribution in [-0.4, -0.2) is 35.3 Å². The second kappa shape index (κ2) is 15.1. The summed E-state index contributed by atoms with van der Waals surface area (Å²) >= 11 is 0. The topological polar surface area (TPSA) is 63.7 Å². The lowest BCUT2D eigenvalue weighted by atomic mass is 9.94. The molecule has 2 aliphatic rings. The molecule has 3 rings (SSSR count). The van der Waals surface area contributed by atoms with Crippen LogP contribution in [0, 0.1) is 0 Å². The zero-order chi connectivity index (χ0) is 24.9. The van der Waals surface area contributed by atoms with Crippen LogP contribution in [0.2, 0.25) is 0 Å². The summed E-state index contributed by atoms with van der Waals surface area (Å²) in [6, 6.07) is 4.76. The summed E-state index contributed by atoms with van der Waals surface area (Å²) in [6.45, 7) is 2.66. The number of ether oxygens (including phenoxy) is 1. The standard InChI is InChI=1S/C30H45NO4/c1-2-3-4-5-6-7-8-9-10-11-12-13-17-22-35-30(34)24-20-21-26-27(23-24)29(33)31(28(26)32)25-18-15-14-16-19-25/h20-21,23,25H,2-19,22H2,1H3. The number of benzene rings is 1. The number of rotatable bonds is 16. The Morgan fingerprint density at radius 1 is 0.771 bits per heavy atom. The van der Waals surface area contributed by atoms with Gasteiger partial charge in [-0.1, -0.05) is 103 Å². The minimum Gasteiger partial charge on any atom is -0.462 e. The second-order valence-electron chi connectivity index (χ2n) is 10.4. The van der Waals surface area contributed by atoms with Crippen molar-refractivity contribution in [3.05, 3.63) is 34.9 Å². The van der Waals surface area contributed by atoms with Crippen LogP contribution < -0.4 is 0 Å². The molecule has 0 N–H and O–H groups in total. The Bertz CT molecular complexity index is 828. The normalized spacial score (nSPS) is 16.1. The molecular formula is C30H45NO4. The Morgan fingerprint density at radius 2 is 1.31 bits per heavy atom. The predicted molar refractivity (Wildman–Crippen MR) is 140 cm³/mol.